The average molecular weight is 485 g/mol. The predicted molar refractivity (Wildman–Crippen MR) is 111 cm³/mol. The summed E-state index contributed by atoms with van der Waals surface area (Å²) in [6.45, 7) is 0.130. The first-order valence-electron chi connectivity index (χ1n) is 10.1. The first kappa shape index (κ1) is 24.9. The van der Waals surface area contributed by atoms with Gasteiger partial charge in [-0.15, -0.1) is 0 Å². The quantitative estimate of drug-likeness (QED) is 0.536. The van der Waals surface area contributed by atoms with Crippen LogP contribution in [0.4, 0.5) is 32.4 Å². The van der Waals surface area contributed by atoms with E-state index in [1.165, 1.54) is 0 Å². The van der Waals surface area contributed by atoms with Gasteiger partial charge in [0.1, 0.15) is 6.04 Å². The molecule has 0 aliphatic carbocycles. The third-order valence-electron chi connectivity index (χ3n) is 5.07. The molecule has 2 aromatic carbocycles. The van der Waals surface area contributed by atoms with E-state index in [2.05, 4.69) is 10.6 Å². The molecule has 34 heavy (non-hydrogen) atoms. The highest BCUT2D eigenvalue weighted by Gasteiger charge is 2.56. The van der Waals surface area contributed by atoms with Gasteiger partial charge >= 0.3 is 18.2 Å². The molecule has 3 N–H and O–H groups in total. The lowest BCUT2D eigenvalue weighted by Crippen LogP contribution is -2.44. The Morgan fingerprint density at radius 3 is 2.32 bits per heavy atom. The van der Waals surface area contributed by atoms with Crippen molar-refractivity contribution in [2.45, 2.75) is 37.6 Å². The van der Waals surface area contributed by atoms with Gasteiger partial charge in [-0.3, -0.25) is 9.59 Å². The van der Waals surface area contributed by atoms with Gasteiger partial charge in [0.15, 0.2) is 6.10 Å². The first-order valence-corrected chi connectivity index (χ1v) is 10.1. The van der Waals surface area contributed by atoms with Crippen molar-refractivity contribution in [2.75, 3.05) is 11.9 Å². The molecule has 7 nitrogen and oxygen atoms in total. The Morgan fingerprint density at radius 2 is 1.65 bits per heavy atom. The number of ether oxygens (including phenoxy) is 1. The molecule has 12 heteroatoms. The van der Waals surface area contributed by atoms with E-state index < -0.39 is 55.1 Å². The zero-order valence-electron chi connectivity index (χ0n) is 17.7. The van der Waals surface area contributed by atoms with Gasteiger partial charge < -0.3 is 20.7 Å². The largest absolute Gasteiger partial charge is 0.453 e. The molecule has 0 radical (unpaired) electrons. The molecule has 0 fully saturated rings. The van der Waals surface area contributed by atoms with Crippen molar-refractivity contribution in [3.05, 3.63) is 54.1 Å². The van der Waals surface area contributed by atoms with Gasteiger partial charge in [-0.1, -0.05) is 42.5 Å². The number of alkyl halides is 5. The van der Waals surface area contributed by atoms with Crippen molar-refractivity contribution in [2.24, 2.45) is 0 Å². The molecule has 0 unspecified atom stereocenters. The van der Waals surface area contributed by atoms with E-state index in [0.717, 1.165) is 12.5 Å². The summed E-state index contributed by atoms with van der Waals surface area (Å²) in [5.74, 6) is -6.41. The van der Waals surface area contributed by atoms with Crippen LogP contribution >= 0.6 is 0 Å². The van der Waals surface area contributed by atoms with Gasteiger partial charge in [-0.05, 0) is 24.1 Å². The minimum absolute atomic E-state index is 0.490. The molecule has 3 amide bonds. The summed E-state index contributed by atoms with van der Waals surface area (Å²) in [5, 5.41) is 6.95. The second-order valence-electron chi connectivity index (χ2n) is 7.49. The second kappa shape index (κ2) is 9.65. The molecule has 182 valence electrons. The van der Waals surface area contributed by atoms with Crippen LogP contribution in [-0.2, 0) is 14.3 Å². The summed E-state index contributed by atoms with van der Waals surface area (Å²) in [6, 6.07) is 12.8. The highest BCUT2D eigenvalue weighted by molar-refractivity contribution is 6.04. The van der Waals surface area contributed by atoms with Crippen LogP contribution in [0.3, 0.4) is 0 Å². The van der Waals surface area contributed by atoms with E-state index in [1.807, 2.05) is 0 Å². The number of rotatable bonds is 6. The fraction of sp³-hybridized carbons (Fsp3) is 0.318. The molecule has 0 saturated heterocycles. The van der Waals surface area contributed by atoms with Gasteiger partial charge in [0.05, 0.1) is 0 Å². The number of amides is 3. The Hall–Kier alpha value is -3.70. The van der Waals surface area contributed by atoms with Gasteiger partial charge in [0, 0.05) is 24.2 Å². The number of carbonyl (C=O) groups excluding carboxylic acids is 3. The predicted octanol–water partition coefficient (Wildman–Crippen LogP) is 4.17. The van der Waals surface area contributed by atoms with Crippen LogP contribution in [0.2, 0.25) is 0 Å². The number of benzene rings is 2. The highest BCUT2D eigenvalue weighted by atomic mass is 19.4. The third-order valence-corrected chi connectivity index (χ3v) is 5.07. The Labute approximate surface area is 190 Å². The maximum absolute atomic E-state index is 12.9. The van der Waals surface area contributed by atoms with Crippen LogP contribution in [0.1, 0.15) is 24.9 Å². The van der Waals surface area contributed by atoms with Crippen molar-refractivity contribution >= 4 is 23.6 Å². The zero-order valence-corrected chi connectivity index (χ0v) is 17.7. The van der Waals surface area contributed by atoms with E-state index in [-0.39, 0.29) is 0 Å². The monoisotopic (exact) mass is 485 g/mol. The molecule has 3 rings (SSSR count). The lowest BCUT2D eigenvalue weighted by atomic mass is 9.95. The fourth-order valence-corrected chi connectivity index (χ4v) is 3.29. The van der Waals surface area contributed by atoms with Crippen molar-refractivity contribution in [1.29, 1.82) is 0 Å². The number of hydrogen-bond acceptors (Lipinski definition) is 4. The Kier molecular flexibility index (Phi) is 7.08. The topological polar surface area (TPSA) is 96.5 Å². The van der Waals surface area contributed by atoms with Crippen LogP contribution in [-0.4, -0.2) is 42.7 Å². The van der Waals surface area contributed by atoms with Gasteiger partial charge in [0.25, 0.3) is 11.8 Å². The molecule has 0 bridgehead atoms. The number of carbonyl (C=O) groups is 3. The third kappa shape index (κ3) is 5.43. The van der Waals surface area contributed by atoms with Crippen molar-refractivity contribution in [3.63, 3.8) is 0 Å². The molecular formula is C22H20F5N3O4. The van der Waals surface area contributed by atoms with E-state index in [4.69, 9.17) is 4.74 Å². The molecular weight excluding hydrogens is 465 g/mol. The second-order valence-corrected chi connectivity index (χ2v) is 7.49. The van der Waals surface area contributed by atoms with Crippen molar-refractivity contribution in [3.8, 4) is 11.1 Å². The minimum Gasteiger partial charge on any atom is -0.436 e. The molecule has 0 aromatic heterocycles. The smallest absolute Gasteiger partial charge is 0.436 e. The summed E-state index contributed by atoms with van der Waals surface area (Å²) in [4.78, 5) is 37.1. The molecule has 2 atom stereocenters. The molecule has 1 heterocycles. The SMILES string of the molecule is C[C@H](OC(=O)NCCC(F)(F)C(F)(F)F)C(=O)N[C@@H]1C(=O)Nc2ccccc2-c2ccccc21. The maximum Gasteiger partial charge on any atom is 0.453 e. The van der Waals surface area contributed by atoms with Gasteiger partial charge in [-0.2, -0.15) is 22.0 Å². The molecule has 2 aromatic rings. The van der Waals surface area contributed by atoms with E-state index >= 15 is 0 Å². The number of fused-ring (bicyclic) bond motifs is 3. The van der Waals surface area contributed by atoms with Crippen LogP contribution in [0.5, 0.6) is 0 Å². The Bertz CT molecular complexity index is 1090. The van der Waals surface area contributed by atoms with E-state index in [9.17, 15) is 36.3 Å². The van der Waals surface area contributed by atoms with E-state index in [0.29, 0.717) is 16.8 Å². The maximum atomic E-state index is 12.9. The van der Waals surface area contributed by atoms with Crippen LogP contribution < -0.4 is 16.0 Å². The van der Waals surface area contributed by atoms with Crippen LogP contribution in [0.25, 0.3) is 11.1 Å². The molecule has 0 spiro atoms. The van der Waals surface area contributed by atoms with Gasteiger partial charge in [-0.25, -0.2) is 4.79 Å². The Morgan fingerprint density at radius 1 is 1.03 bits per heavy atom. The summed E-state index contributed by atoms with van der Waals surface area (Å²) in [6.07, 6.45) is -10.3. The molecule has 1 aliphatic heterocycles. The normalized spacial score (nSPS) is 16.3. The first-order chi connectivity index (χ1) is 15.9. The number of nitrogens with one attached hydrogen (secondary N) is 3. The lowest BCUT2D eigenvalue weighted by Gasteiger charge is -2.21. The zero-order chi connectivity index (χ0) is 25.1. The van der Waals surface area contributed by atoms with Crippen molar-refractivity contribution < 1.29 is 41.1 Å². The lowest BCUT2D eigenvalue weighted by molar-refractivity contribution is -0.283. The highest BCUT2D eigenvalue weighted by Crippen LogP contribution is 2.38. The summed E-state index contributed by atoms with van der Waals surface area (Å²) >= 11 is 0. The standard InChI is InChI=1S/C22H20F5N3O4/c1-12(34-20(33)28-11-10-21(23,24)22(25,26)27)18(31)30-17-15-8-3-2-6-13(15)14-7-4-5-9-16(14)29-19(17)32/h2-9,12,17H,10-11H2,1H3,(H,28,33)(H,29,32)(H,30,31)/t12-,17-/m0/s1. The number of hydrogen-bond donors (Lipinski definition) is 3. The van der Waals surface area contributed by atoms with Gasteiger partial charge in [0.2, 0.25) is 0 Å². The average Bonchev–Trinajstić information content (AvgIpc) is 2.87. The number of para-hydroxylation sites is 1. The van der Waals surface area contributed by atoms with Crippen LogP contribution in [0.15, 0.2) is 48.5 Å². The molecule has 0 saturated carbocycles. The summed E-state index contributed by atoms with van der Waals surface area (Å²) in [7, 11) is 0. The van der Waals surface area contributed by atoms with Crippen LogP contribution in [0, 0.1) is 0 Å². The number of halogens is 5. The van der Waals surface area contributed by atoms with Crippen molar-refractivity contribution in [1.82, 2.24) is 10.6 Å². The Balaban J connectivity index is 1.64. The van der Waals surface area contributed by atoms with E-state index in [1.54, 1.807) is 53.8 Å². The number of alkyl carbamates (subject to hydrolysis) is 1. The summed E-state index contributed by atoms with van der Waals surface area (Å²) in [5.41, 5.74) is 2.46. The molecule has 1 aliphatic rings. The minimum atomic E-state index is -5.75. The number of anilines is 1. The fourth-order valence-electron chi connectivity index (χ4n) is 3.29. The summed E-state index contributed by atoms with van der Waals surface area (Å²) < 4.78 is 67.1.